The highest BCUT2D eigenvalue weighted by Crippen LogP contribution is 2.74. The van der Waals surface area contributed by atoms with Crippen molar-refractivity contribution >= 4 is 11.9 Å². The topological polar surface area (TPSA) is 65.1 Å². The van der Waals surface area contributed by atoms with Crippen molar-refractivity contribution in [1.82, 2.24) is 0 Å². The molecule has 0 spiro atoms. The Morgan fingerprint density at radius 3 is 2.60 bits per heavy atom. The van der Waals surface area contributed by atoms with Gasteiger partial charge >= 0.3 is 11.9 Å². The van der Waals surface area contributed by atoms with Crippen LogP contribution in [0.25, 0.3) is 0 Å². The molecule has 1 aliphatic heterocycles. The number of allylic oxidation sites excluding steroid dienone is 1. The molecule has 30 heavy (non-hydrogen) atoms. The SMILES string of the molecule is CC(=O)O[C@H]1CC[C@@]2(C)C(=CC[C@@H]3[C@@H]2CC[C@@]2(C)[C@H]3C[C@H]3O[C@@]32[C@H](C)OC(C)=O)C1. The molecule has 5 heteroatoms. The molecule has 5 aliphatic rings. The Labute approximate surface area is 179 Å². The average Bonchev–Trinajstić information content (AvgIpc) is 3.33. The summed E-state index contributed by atoms with van der Waals surface area (Å²) in [6.07, 6.45) is 10.1. The molecule has 0 aromatic rings. The smallest absolute Gasteiger partial charge is 0.302 e. The highest BCUT2D eigenvalue weighted by Gasteiger charge is 2.79. The van der Waals surface area contributed by atoms with Crippen molar-refractivity contribution in [3.63, 3.8) is 0 Å². The fourth-order valence-corrected chi connectivity index (χ4v) is 8.52. The molecule has 4 aliphatic carbocycles. The number of fused-ring (bicyclic) bond motifs is 7. The lowest BCUT2D eigenvalue weighted by Crippen LogP contribution is -2.55. The second-order valence-corrected chi connectivity index (χ2v) is 11.1. The van der Waals surface area contributed by atoms with Gasteiger partial charge in [-0.15, -0.1) is 0 Å². The van der Waals surface area contributed by atoms with Crippen molar-refractivity contribution in [2.24, 2.45) is 28.6 Å². The summed E-state index contributed by atoms with van der Waals surface area (Å²) in [5.74, 6) is 1.60. The first kappa shape index (κ1) is 20.5. The van der Waals surface area contributed by atoms with Crippen LogP contribution in [0.4, 0.5) is 0 Å². The summed E-state index contributed by atoms with van der Waals surface area (Å²) in [6, 6.07) is 0. The van der Waals surface area contributed by atoms with E-state index in [4.69, 9.17) is 14.2 Å². The maximum atomic E-state index is 11.6. The molecule has 0 bridgehead atoms. The molecule has 0 aromatic carbocycles. The normalized spacial score (nSPS) is 49.5. The fourth-order valence-electron chi connectivity index (χ4n) is 8.52. The van der Waals surface area contributed by atoms with Crippen molar-refractivity contribution in [2.45, 2.75) is 103 Å². The van der Waals surface area contributed by atoms with Crippen molar-refractivity contribution in [3.8, 4) is 0 Å². The molecule has 3 saturated carbocycles. The molecular formula is C25H36O5. The summed E-state index contributed by atoms with van der Waals surface area (Å²) in [7, 11) is 0. The lowest BCUT2D eigenvalue weighted by atomic mass is 9.47. The Balaban J connectivity index is 1.40. The van der Waals surface area contributed by atoms with Crippen LogP contribution < -0.4 is 0 Å². The summed E-state index contributed by atoms with van der Waals surface area (Å²) >= 11 is 0. The van der Waals surface area contributed by atoms with Crippen molar-refractivity contribution in [1.29, 1.82) is 0 Å². The minimum atomic E-state index is -0.286. The first-order chi connectivity index (χ1) is 14.1. The zero-order valence-corrected chi connectivity index (χ0v) is 19.0. The molecule has 9 atom stereocenters. The third kappa shape index (κ3) is 2.63. The summed E-state index contributed by atoms with van der Waals surface area (Å²) in [6.45, 7) is 9.90. The first-order valence-corrected chi connectivity index (χ1v) is 11.8. The van der Waals surface area contributed by atoms with Crippen molar-refractivity contribution < 1.29 is 23.8 Å². The number of carbonyl (C=O) groups is 2. The van der Waals surface area contributed by atoms with Gasteiger partial charge in [0, 0.05) is 25.7 Å². The van der Waals surface area contributed by atoms with E-state index in [0.717, 1.165) is 38.5 Å². The maximum absolute atomic E-state index is 11.6. The van der Waals surface area contributed by atoms with Crippen LogP contribution in [0.1, 0.15) is 79.6 Å². The third-order valence-corrected chi connectivity index (χ3v) is 9.85. The summed E-state index contributed by atoms with van der Waals surface area (Å²) in [5.41, 5.74) is 1.53. The van der Waals surface area contributed by atoms with Crippen LogP contribution in [0, 0.1) is 28.6 Å². The standard InChI is InChI=1S/C25H36O5/c1-14(28-15(2)26)25-22(30-25)13-21-19-7-6-17-12-18(29-16(3)27)8-10-23(17,4)20(19)9-11-24(21,25)5/h6,14,18-22H,7-13H2,1-5H3/t14-,18-,19+,20-,21-,22+,23-,24-,25-/m0/s1. The van der Waals surface area contributed by atoms with E-state index in [1.807, 2.05) is 6.92 Å². The van der Waals surface area contributed by atoms with Gasteiger partial charge in [0.15, 0.2) is 0 Å². The van der Waals surface area contributed by atoms with Crippen LogP contribution >= 0.6 is 0 Å². The quantitative estimate of drug-likeness (QED) is 0.383. The molecule has 166 valence electrons. The second-order valence-electron chi connectivity index (χ2n) is 11.1. The van der Waals surface area contributed by atoms with E-state index >= 15 is 0 Å². The van der Waals surface area contributed by atoms with E-state index in [0.29, 0.717) is 17.8 Å². The van der Waals surface area contributed by atoms with E-state index in [-0.39, 0.29) is 46.7 Å². The van der Waals surface area contributed by atoms with Gasteiger partial charge in [0.1, 0.15) is 17.8 Å². The van der Waals surface area contributed by atoms with Crippen LogP contribution in [0.2, 0.25) is 0 Å². The summed E-state index contributed by atoms with van der Waals surface area (Å²) in [5, 5.41) is 0. The van der Waals surface area contributed by atoms with Crippen LogP contribution in [-0.2, 0) is 23.8 Å². The highest BCUT2D eigenvalue weighted by molar-refractivity contribution is 5.66. The minimum absolute atomic E-state index is 0.0487. The number of carbonyl (C=O) groups excluding carboxylic acids is 2. The third-order valence-electron chi connectivity index (χ3n) is 9.85. The Morgan fingerprint density at radius 1 is 1.13 bits per heavy atom. The second kappa shape index (κ2) is 6.57. The van der Waals surface area contributed by atoms with E-state index in [1.54, 1.807) is 0 Å². The lowest BCUT2D eigenvalue weighted by Gasteiger charge is -2.58. The number of rotatable bonds is 3. The molecule has 0 unspecified atom stereocenters. The maximum Gasteiger partial charge on any atom is 0.302 e. The Morgan fingerprint density at radius 2 is 1.90 bits per heavy atom. The predicted molar refractivity (Wildman–Crippen MR) is 111 cm³/mol. The fraction of sp³-hybridized carbons (Fsp3) is 0.840. The molecule has 0 aromatic heterocycles. The molecule has 1 heterocycles. The number of hydrogen-bond acceptors (Lipinski definition) is 5. The average molecular weight is 417 g/mol. The molecule has 0 N–H and O–H groups in total. The Kier molecular flexibility index (Phi) is 4.50. The molecule has 5 rings (SSSR count). The molecule has 0 amide bonds. The van der Waals surface area contributed by atoms with Crippen molar-refractivity contribution in [3.05, 3.63) is 11.6 Å². The van der Waals surface area contributed by atoms with Gasteiger partial charge in [-0.1, -0.05) is 25.5 Å². The van der Waals surface area contributed by atoms with Gasteiger partial charge in [-0.2, -0.15) is 0 Å². The molecule has 5 nitrogen and oxygen atoms in total. The van der Waals surface area contributed by atoms with Crippen LogP contribution in [0.5, 0.6) is 0 Å². The minimum Gasteiger partial charge on any atom is -0.462 e. The largest absolute Gasteiger partial charge is 0.462 e. The van der Waals surface area contributed by atoms with Gasteiger partial charge < -0.3 is 14.2 Å². The number of hydrogen-bond donors (Lipinski definition) is 0. The van der Waals surface area contributed by atoms with Crippen LogP contribution in [0.15, 0.2) is 11.6 Å². The van der Waals surface area contributed by atoms with Gasteiger partial charge in [-0.25, -0.2) is 0 Å². The monoisotopic (exact) mass is 416 g/mol. The number of ether oxygens (including phenoxy) is 3. The van der Waals surface area contributed by atoms with Gasteiger partial charge in [0.05, 0.1) is 6.10 Å². The van der Waals surface area contributed by atoms with Gasteiger partial charge in [-0.05, 0) is 68.6 Å². The lowest BCUT2D eigenvalue weighted by molar-refractivity contribution is -0.159. The van der Waals surface area contributed by atoms with E-state index in [2.05, 4.69) is 19.9 Å². The number of esters is 2. The van der Waals surface area contributed by atoms with Crippen molar-refractivity contribution in [2.75, 3.05) is 0 Å². The molecule has 4 fully saturated rings. The summed E-state index contributed by atoms with van der Waals surface area (Å²) in [4.78, 5) is 23.1. The van der Waals surface area contributed by atoms with Gasteiger partial charge in [0.25, 0.3) is 0 Å². The van der Waals surface area contributed by atoms with Gasteiger partial charge in [0.2, 0.25) is 0 Å². The van der Waals surface area contributed by atoms with E-state index in [9.17, 15) is 9.59 Å². The predicted octanol–water partition coefficient (Wildman–Crippen LogP) is 4.58. The first-order valence-electron chi connectivity index (χ1n) is 11.8. The zero-order valence-electron chi connectivity index (χ0n) is 19.0. The summed E-state index contributed by atoms with van der Waals surface area (Å²) < 4.78 is 17.5. The highest BCUT2D eigenvalue weighted by atomic mass is 16.7. The van der Waals surface area contributed by atoms with Crippen LogP contribution in [0.3, 0.4) is 0 Å². The van der Waals surface area contributed by atoms with E-state index in [1.165, 1.54) is 25.8 Å². The molecular weight excluding hydrogens is 380 g/mol. The molecule has 0 radical (unpaired) electrons. The molecule has 1 saturated heterocycles. The van der Waals surface area contributed by atoms with Crippen LogP contribution in [-0.4, -0.2) is 35.9 Å². The van der Waals surface area contributed by atoms with Gasteiger partial charge in [-0.3, -0.25) is 9.59 Å². The van der Waals surface area contributed by atoms with E-state index < -0.39 is 0 Å². The Bertz CT molecular complexity index is 803. The zero-order chi connectivity index (χ0) is 21.5. The number of epoxide rings is 1. The Hall–Kier alpha value is -1.36.